The van der Waals surface area contributed by atoms with Crippen LogP contribution in [-0.4, -0.2) is 26.2 Å². The van der Waals surface area contributed by atoms with Crippen molar-refractivity contribution in [1.82, 2.24) is 4.98 Å². The molecule has 0 unspecified atom stereocenters. The van der Waals surface area contributed by atoms with Gasteiger partial charge in [0.2, 0.25) is 5.03 Å². The van der Waals surface area contributed by atoms with Crippen molar-refractivity contribution < 1.29 is 26.3 Å². The Morgan fingerprint density at radius 2 is 2.12 bits per heavy atom. The van der Waals surface area contributed by atoms with Crippen molar-refractivity contribution in [3.63, 3.8) is 0 Å². The fourth-order valence-electron chi connectivity index (χ4n) is 0.856. The summed E-state index contributed by atoms with van der Waals surface area (Å²) < 4.78 is 62.6. The maximum Gasteiger partial charge on any atom is 0.427 e. The lowest BCUT2D eigenvalue weighted by Crippen LogP contribution is -2.28. The molecule has 90 valence electrons. The molecule has 2 N–H and O–H groups in total. The van der Waals surface area contributed by atoms with E-state index in [9.17, 15) is 21.6 Å². The number of halogens is 3. The first-order chi connectivity index (χ1) is 7.26. The zero-order valence-corrected chi connectivity index (χ0v) is 8.55. The number of rotatable bonds is 4. The summed E-state index contributed by atoms with van der Waals surface area (Å²) in [5, 5.41) is 3.84. The fraction of sp³-hybridized carbons (Fsp3) is 0.286. The van der Waals surface area contributed by atoms with Crippen LogP contribution in [0.2, 0.25) is 0 Å². The van der Waals surface area contributed by atoms with E-state index in [1.54, 1.807) is 0 Å². The van der Waals surface area contributed by atoms with Crippen molar-refractivity contribution >= 4 is 10.0 Å². The molecule has 0 saturated heterocycles. The van der Waals surface area contributed by atoms with Crippen LogP contribution >= 0.6 is 0 Å². The summed E-state index contributed by atoms with van der Waals surface area (Å²) in [5.41, 5.74) is 0. The summed E-state index contributed by atoms with van der Waals surface area (Å²) in [7, 11) is -4.31. The van der Waals surface area contributed by atoms with Gasteiger partial charge in [0.05, 0.1) is 0 Å². The number of aromatic nitrogens is 1. The van der Waals surface area contributed by atoms with Crippen molar-refractivity contribution in [1.29, 1.82) is 0 Å². The van der Waals surface area contributed by atoms with Crippen LogP contribution in [0.25, 0.3) is 0 Å². The molecule has 1 aromatic rings. The SMILES string of the molecule is NS(=O)(=O)c1ncccc1OC(F)(F)CF. The van der Waals surface area contributed by atoms with Crippen LogP contribution in [0, 0.1) is 0 Å². The van der Waals surface area contributed by atoms with Gasteiger partial charge in [0, 0.05) is 6.20 Å². The second kappa shape index (κ2) is 4.26. The molecule has 0 aromatic carbocycles. The van der Waals surface area contributed by atoms with Gasteiger partial charge in [-0.25, -0.2) is 22.9 Å². The number of primary sulfonamides is 1. The van der Waals surface area contributed by atoms with Gasteiger partial charge in [-0.3, -0.25) is 0 Å². The number of pyridine rings is 1. The summed E-state index contributed by atoms with van der Waals surface area (Å²) in [6, 6.07) is 2.05. The zero-order valence-electron chi connectivity index (χ0n) is 7.73. The summed E-state index contributed by atoms with van der Waals surface area (Å²) in [4.78, 5) is 3.27. The lowest BCUT2D eigenvalue weighted by molar-refractivity contribution is -0.187. The van der Waals surface area contributed by atoms with Gasteiger partial charge in [-0.15, -0.1) is 0 Å². The van der Waals surface area contributed by atoms with E-state index in [0.29, 0.717) is 0 Å². The van der Waals surface area contributed by atoms with Gasteiger partial charge >= 0.3 is 6.11 Å². The van der Waals surface area contributed by atoms with Crippen LogP contribution in [0.1, 0.15) is 0 Å². The predicted octanol–water partition coefficient (Wildman–Crippen LogP) is 0.670. The average Bonchev–Trinajstić information content (AvgIpc) is 2.16. The molecule has 1 heterocycles. The second-order valence-corrected chi connectivity index (χ2v) is 4.20. The van der Waals surface area contributed by atoms with Crippen LogP contribution < -0.4 is 9.88 Å². The fourth-order valence-corrected chi connectivity index (χ4v) is 1.45. The molecular weight excluding hydrogens is 249 g/mol. The molecule has 16 heavy (non-hydrogen) atoms. The molecular formula is C7H7F3N2O3S. The van der Waals surface area contributed by atoms with E-state index in [4.69, 9.17) is 5.14 Å². The van der Waals surface area contributed by atoms with Gasteiger partial charge in [-0.05, 0) is 12.1 Å². The molecule has 0 aliphatic rings. The molecule has 0 atom stereocenters. The summed E-state index contributed by atoms with van der Waals surface area (Å²) >= 11 is 0. The molecule has 5 nitrogen and oxygen atoms in total. The first kappa shape index (κ1) is 12.7. The first-order valence-electron chi connectivity index (χ1n) is 3.87. The summed E-state index contributed by atoms with van der Waals surface area (Å²) in [5.74, 6) is -0.798. The van der Waals surface area contributed by atoms with Crippen molar-refractivity contribution in [2.75, 3.05) is 6.67 Å². The molecule has 0 spiro atoms. The average molecular weight is 256 g/mol. The molecule has 0 bridgehead atoms. The molecule has 1 aromatic heterocycles. The standard InChI is InChI=1S/C7H7F3N2O3S/c8-4-7(9,10)15-5-2-1-3-12-6(5)16(11,13)14/h1-3H,4H2,(H2,11,13,14). The van der Waals surface area contributed by atoms with E-state index in [1.807, 2.05) is 0 Å². The second-order valence-electron chi connectivity index (χ2n) is 2.72. The van der Waals surface area contributed by atoms with Gasteiger partial charge in [-0.2, -0.15) is 8.78 Å². The van der Waals surface area contributed by atoms with Crippen molar-refractivity contribution in [2.24, 2.45) is 5.14 Å². The van der Waals surface area contributed by atoms with Crippen LogP contribution in [0.3, 0.4) is 0 Å². The minimum Gasteiger partial charge on any atom is -0.427 e. The molecule has 9 heteroatoms. The number of alkyl halides is 3. The van der Waals surface area contributed by atoms with E-state index in [0.717, 1.165) is 18.3 Å². The minimum absolute atomic E-state index is 0.798. The number of sulfonamides is 1. The lowest BCUT2D eigenvalue weighted by atomic mass is 10.4. The van der Waals surface area contributed by atoms with E-state index in [2.05, 4.69) is 9.72 Å². The third kappa shape index (κ3) is 3.07. The number of hydrogen-bond acceptors (Lipinski definition) is 4. The Morgan fingerprint density at radius 3 is 2.62 bits per heavy atom. The molecule has 0 aliphatic carbocycles. The van der Waals surface area contributed by atoms with E-state index in [1.165, 1.54) is 0 Å². The van der Waals surface area contributed by atoms with Gasteiger partial charge < -0.3 is 4.74 Å². The largest absolute Gasteiger partial charge is 0.427 e. The van der Waals surface area contributed by atoms with Crippen LogP contribution in [0.15, 0.2) is 23.4 Å². The van der Waals surface area contributed by atoms with E-state index in [-0.39, 0.29) is 0 Å². The Labute approximate surface area is 89.1 Å². The molecule has 0 saturated carbocycles. The third-order valence-electron chi connectivity index (χ3n) is 1.42. The van der Waals surface area contributed by atoms with Crippen LogP contribution in [-0.2, 0) is 10.0 Å². The zero-order chi connectivity index (χ0) is 12.4. The number of hydrogen-bond donors (Lipinski definition) is 1. The maximum atomic E-state index is 12.5. The highest BCUT2D eigenvalue weighted by Crippen LogP contribution is 2.26. The Kier molecular flexibility index (Phi) is 3.38. The van der Waals surface area contributed by atoms with Crippen molar-refractivity contribution in [3.05, 3.63) is 18.3 Å². The molecule has 0 aliphatic heterocycles. The Bertz CT molecular complexity index is 478. The van der Waals surface area contributed by atoms with Gasteiger partial charge in [0.25, 0.3) is 10.0 Å². The lowest BCUT2D eigenvalue weighted by Gasteiger charge is -2.15. The molecule has 0 amide bonds. The maximum absolute atomic E-state index is 12.5. The highest BCUT2D eigenvalue weighted by atomic mass is 32.2. The molecule has 0 radical (unpaired) electrons. The highest BCUT2D eigenvalue weighted by Gasteiger charge is 2.34. The quantitative estimate of drug-likeness (QED) is 0.858. The Balaban J connectivity index is 3.16. The number of nitrogens with zero attached hydrogens (tertiary/aromatic N) is 1. The number of nitrogens with two attached hydrogens (primary N) is 1. The minimum atomic E-state index is -4.31. The Morgan fingerprint density at radius 1 is 1.50 bits per heavy atom. The topological polar surface area (TPSA) is 82.3 Å². The van der Waals surface area contributed by atoms with Crippen LogP contribution in [0.5, 0.6) is 5.75 Å². The normalized spacial score (nSPS) is 12.5. The smallest absolute Gasteiger partial charge is 0.427 e. The van der Waals surface area contributed by atoms with Gasteiger partial charge in [0.15, 0.2) is 12.4 Å². The highest BCUT2D eigenvalue weighted by molar-refractivity contribution is 7.89. The monoisotopic (exact) mass is 256 g/mol. The molecule has 1 rings (SSSR count). The summed E-state index contributed by atoms with van der Waals surface area (Å²) in [6.07, 6.45) is -3.09. The summed E-state index contributed by atoms with van der Waals surface area (Å²) in [6.45, 7) is -2.09. The Hall–Kier alpha value is -1.35. The predicted molar refractivity (Wildman–Crippen MR) is 47.2 cm³/mol. The van der Waals surface area contributed by atoms with E-state index >= 15 is 0 Å². The molecule has 0 fully saturated rings. The third-order valence-corrected chi connectivity index (χ3v) is 2.27. The van der Waals surface area contributed by atoms with E-state index < -0.39 is 33.6 Å². The van der Waals surface area contributed by atoms with Crippen LogP contribution in [0.4, 0.5) is 13.2 Å². The number of ether oxygens (including phenoxy) is 1. The van der Waals surface area contributed by atoms with Crippen molar-refractivity contribution in [3.8, 4) is 5.75 Å². The van der Waals surface area contributed by atoms with Gasteiger partial charge in [-0.1, -0.05) is 0 Å². The first-order valence-corrected chi connectivity index (χ1v) is 5.41. The van der Waals surface area contributed by atoms with Crippen molar-refractivity contribution in [2.45, 2.75) is 11.1 Å². The van der Waals surface area contributed by atoms with Gasteiger partial charge in [0.1, 0.15) is 0 Å².